The second-order valence-corrected chi connectivity index (χ2v) is 3.95. The molecule has 1 atom stereocenters. The average molecular weight is 224 g/mol. The van der Waals surface area contributed by atoms with Crippen LogP contribution < -0.4 is 0 Å². The van der Waals surface area contributed by atoms with Crippen molar-refractivity contribution in [1.29, 1.82) is 0 Å². The van der Waals surface area contributed by atoms with E-state index in [0.29, 0.717) is 18.8 Å². The van der Waals surface area contributed by atoms with Crippen molar-refractivity contribution in [2.45, 2.75) is 44.4 Å². The van der Waals surface area contributed by atoms with Gasteiger partial charge in [0.1, 0.15) is 11.4 Å². The van der Waals surface area contributed by atoms with Gasteiger partial charge in [-0.2, -0.15) is 13.2 Å². The van der Waals surface area contributed by atoms with Crippen LogP contribution in [0.5, 0.6) is 0 Å². The molecule has 1 rings (SSSR count). The molecule has 1 heterocycles. The molecule has 0 amide bonds. The number of hydrogen-bond acceptors (Lipinski definition) is 2. The third-order valence-corrected chi connectivity index (χ3v) is 2.36. The summed E-state index contributed by atoms with van der Waals surface area (Å²) in [4.78, 5) is 0. The number of aliphatic hydroxyl groups is 1. The van der Waals surface area contributed by atoms with E-state index >= 15 is 0 Å². The molecule has 0 aromatic carbocycles. The van der Waals surface area contributed by atoms with Crippen LogP contribution in [0, 0.1) is 0 Å². The van der Waals surface area contributed by atoms with Crippen LogP contribution in [0.25, 0.3) is 0 Å². The summed E-state index contributed by atoms with van der Waals surface area (Å²) in [6, 6.07) is 0. The molecule has 88 valence electrons. The highest BCUT2D eigenvalue weighted by molar-refractivity contribution is 5.11. The molecule has 15 heavy (non-hydrogen) atoms. The van der Waals surface area contributed by atoms with Crippen molar-refractivity contribution >= 4 is 0 Å². The maximum absolute atomic E-state index is 11.9. The number of alkyl halides is 3. The Morgan fingerprint density at radius 1 is 1.40 bits per heavy atom. The summed E-state index contributed by atoms with van der Waals surface area (Å²) in [5.41, 5.74) is -1.26. The first-order chi connectivity index (χ1) is 6.81. The van der Waals surface area contributed by atoms with Gasteiger partial charge in [-0.3, -0.25) is 0 Å². The van der Waals surface area contributed by atoms with E-state index in [-0.39, 0.29) is 12.8 Å². The summed E-state index contributed by atoms with van der Waals surface area (Å²) in [5.74, 6) is 0.407. The van der Waals surface area contributed by atoms with Crippen LogP contribution in [0.4, 0.5) is 13.2 Å². The van der Waals surface area contributed by atoms with Gasteiger partial charge in [-0.1, -0.05) is 0 Å². The Bertz CT molecular complexity index is 244. The van der Waals surface area contributed by atoms with E-state index in [9.17, 15) is 18.3 Å². The first-order valence-corrected chi connectivity index (χ1v) is 4.94. The molecule has 1 unspecified atom stereocenters. The van der Waals surface area contributed by atoms with Gasteiger partial charge in [-0.15, -0.1) is 0 Å². The fourth-order valence-electron chi connectivity index (χ4n) is 1.55. The highest BCUT2D eigenvalue weighted by Gasteiger charge is 2.32. The van der Waals surface area contributed by atoms with Gasteiger partial charge in [-0.05, 0) is 25.8 Å². The minimum atomic E-state index is -4.15. The van der Waals surface area contributed by atoms with Crippen molar-refractivity contribution in [2.75, 3.05) is 6.61 Å². The lowest BCUT2D eigenvalue weighted by Gasteiger charge is -2.24. The Labute approximate surface area is 86.7 Å². The molecule has 0 aliphatic carbocycles. The lowest BCUT2D eigenvalue weighted by atomic mass is 9.96. The molecule has 0 fully saturated rings. The molecule has 1 aliphatic rings. The Morgan fingerprint density at radius 2 is 2.07 bits per heavy atom. The molecule has 0 bridgehead atoms. The predicted octanol–water partition coefficient (Wildman–Crippen LogP) is 2.77. The molecular formula is C10H15F3O2. The molecule has 0 saturated heterocycles. The standard InChI is InChI=1S/C10H15F3O2/c1-9(14,8-4-2-7-15-8)5-3-6-10(11,12)13/h4,14H,2-3,5-7H2,1H3. The van der Waals surface area contributed by atoms with Gasteiger partial charge in [0.05, 0.1) is 6.61 Å². The summed E-state index contributed by atoms with van der Waals surface area (Å²) in [6.07, 6.45) is -2.59. The average Bonchev–Trinajstić information content (AvgIpc) is 2.52. The maximum Gasteiger partial charge on any atom is 0.389 e. The fraction of sp³-hybridized carbons (Fsp3) is 0.800. The zero-order chi connectivity index (χ0) is 11.5. The van der Waals surface area contributed by atoms with Gasteiger partial charge in [0, 0.05) is 12.8 Å². The van der Waals surface area contributed by atoms with Crippen LogP contribution in [-0.2, 0) is 4.74 Å². The zero-order valence-electron chi connectivity index (χ0n) is 8.60. The van der Waals surface area contributed by atoms with Gasteiger partial charge >= 0.3 is 6.18 Å². The highest BCUT2D eigenvalue weighted by Crippen LogP contribution is 2.30. The smallest absolute Gasteiger partial charge is 0.389 e. The second kappa shape index (κ2) is 4.43. The zero-order valence-corrected chi connectivity index (χ0v) is 8.60. The third kappa shape index (κ3) is 4.11. The highest BCUT2D eigenvalue weighted by atomic mass is 19.4. The van der Waals surface area contributed by atoms with E-state index in [0.717, 1.165) is 0 Å². The van der Waals surface area contributed by atoms with E-state index in [1.165, 1.54) is 6.92 Å². The van der Waals surface area contributed by atoms with Gasteiger partial charge in [0.15, 0.2) is 0 Å². The Morgan fingerprint density at radius 3 is 2.53 bits per heavy atom. The van der Waals surface area contributed by atoms with Crippen LogP contribution in [0.15, 0.2) is 11.8 Å². The molecule has 0 saturated carbocycles. The Kier molecular flexibility index (Phi) is 3.65. The summed E-state index contributed by atoms with van der Waals surface area (Å²) in [5, 5.41) is 9.85. The van der Waals surface area contributed by atoms with Crippen molar-refractivity contribution in [3.05, 3.63) is 11.8 Å². The third-order valence-electron chi connectivity index (χ3n) is 2.36. The molecule has 2 nitrogen and oxygen atoms in total. The SMILES string of the molecule is CC(O)(CCCC(F)(F)F)C1=CCCO1. The molecule has 5 heteroatoms. The predicted molar refractivity (Wildman–Crippen MR) is 49.2 cm³/mol. The molecular weight excluding hydrogens is 209 g/mol. The first kappa shape index (κ1) is 12.4. The number of rotatable bonds is 4. The maximum atomic E-state index is 11.9. The summed E-state index contributed by atoms with van der Waals surface area (Å²) < 4.78 is 40.8. The lowest BCUT2D eigenvalue weighted by Crippen LogP contribution is -2.27. The number of hydrogen-bond donors (Lipinski definition) is 1. The normalized spacial score (nSPS) is 20.7. The quantitative estimate of drug-likeness (QED) is 0.795. The molecule has 0 aromatic rings. The van der Waals surface area contributed by atoms with Crippen molar-refractivity contribution in [3.63, 3.8) is 0 Å². The van der Waals surface area contributed by atoms with Gasteiger partial charge in [0.2, 0.25) is 0 Å². The van der Waals surface area contributed by atoms with E-state index < -0.39 is 18.2 Å². The summed E-state index contributed by atoms with van der Waals surface area (Å²) in [7, 11) is 0. The Hall–Kier alpha value is -0.710. The second-order valence-electron chi connectivity index (χ2n) is 3.95. The largest absolute Gasteiger partial charge is 0.495 e. The first-order valence-electron chi connectivity index (χ1n) is 4.94. The number of halogens is 3. The van der Waals surface area contributed by atoms with Crippen LogP contribution in [0.2, 0.25) is 0 Å². The fourth-order valence-corrected chi connectivity index (χ4v) is 1.55. The van der Waals surface area contributed by atoms with Crippen LogP contribution >= 0.6 is 0 Å². The molecule has 1 aliphatic heterocycles. The van der Waals surface area contributed by atoms with Gasteiger partial charge in [-0.25, -0.2) is 0 Å². The summed E-state index contributed by atoms with van der Waals surface area (Å²) in [6.45, 7) is 1.99. The molecule has 0 spiro atoms. The van der Waals surface area contributed by atoms with Crippen molar-refractivity contribution in [1.82, 2.24) is 0 Å². The van der Waals surface area contributed by atoms with Crippen LogP contribution in [0.1, 0.15) is 32.6 Å². The summed E-state index contributed by atoms with van der Waals surface area (Å²) >= 11 is 0. The van der Waals surface area contributed by atoms with E-state index in [4.69, 9.17) is 4.74 Å². The van der Waals surface area contributed by atoms with E-state index in [1.54, 1.807) is 6.08 Å². The molecule has 0 aromatic heterocycles. The Balaban J connectivity index is 2.36. The minimum Gasteiger partial charge on any atom is -0.495 e. The van der Waals surface area contributed by atoms with Crippen molar-refractivity contribution in [3.8, 4) is 0 Å². The van der Waals surface area contributed by atoms with Gasteiger partial charge < -0.3 is 9.84 Å². The van der Waals surface area contributed by atoms with E-state index in [2.05, 4.69) is 0 Å². The lowest BCUT2D eigenvalue weighted by molar-refractivity contribution is -0.137. The monoisotopic (exact) mass is 224 g/mol. The number of ether oxygens (including phenoxy) is 1. The molecule has 1 N–H and O–H groups in total. The van der Waals surface area contributed by atoms with E-state index in [1.807, 2.05) is 0 Å². The topological polar surface area (TPSA) is 29.5 Å². The minimum absolute atomic E-state index is 0.0678. The van der Waals surface area contributed by atoms with Crippen molar-refractivity contribution < 1.29 is 23.0 Å². The molecule has 0 radical (unpaired) electrons. The van der Waals surface area contributed by atoms with Crippen LogP contribution in [-0.4, -0.2) is 23.5 Å². The van der Waals surface area contributed by atoms with Crippen molar-refractivity contribution in [2.24, 2.45) is 0 Å². The van der Waals surface area contributed by atoms with Crippen LogP contribution in [0.3, 0.4) is 0 Å². The van der Waals surface area contributed by atoms with Gasteiger partial charge in [0.25, 0.3) is 0 Å².